The quantitative estimate of drug-likeness (QED) is 0.281. The van der Waals surface area contributed by atoms with E-state index in [0.29, 0.717) is 0 Å². The summed E-state index contributed by atoms with van der Waals surface area (Å²) < 4.78 is 88.7. The van der Waals surface area contributed by atoms with Crippen LogP contribution in [0, 0.1) is 11.2 Å². The summed E-state index contributed by atoms with van der Waals surface area (Å²) in [5, 5.41) is 15.2. The molecule has 1 N–H and O–H groups in total. The molecule has 3 aromatic heterocycles. The number of anilines is 1. The summed E-state index contributed by atoms with van der Waals surface area (Å²) in [5.74, 6) is -2.52. The highest BCUT2D eigenvalue weighted by molar-refractivity contribution is 7.93. The number of halogens is 4. The van der Waals surface area contributed by atoms with Crippen LogP contribution in [0.1, 0.15) is 45.2 Å². The molecular formula is C27H28F4N6O5S. The number of hydrogen-bond donors (Lipinski definition) is 1. The van der Waals surface area contributed by atoms with Crippen LogP contribution < -0.4 is 4.31 Å². The van der Waals surface area contributed by atoms with E-state index < -0.39 is 50.7 Å². The maximum Gasteiger partial charge on any atom is 0.470 e. The smallest absolute Gasteiger partial charge is 0.465 e. The van der Waals surface area contributed by atoms with Crippen molar-refractivity contribution in [3.8, 4) is 11.5 Å². The van der Waals surface area contributed by atoms with Crippen molar-refractivity contribution in [1.29, 1.82) is 0 Å². The number of carboxylic acid groups (broad SMARTS) is 1. The van der Waals surface area contributed by atoms with Crippen LogP contribution in [0.25, 0.3) is 17.1 Å². The first kappa shape index (κ1) is 30.3. The number of likely N-dealkylation sites (tertiary alicyclic amines) is 1. The van der Waals surface area contributed by atoms with Gasteiger partial charge in [0.05, 0.1) is 23.2 Å². The lowest BCUT2D eigenvalue weighted by Crippen LogP contribution is -2.55. The van der Waals surface area contributed by atoms with Gasteiger partial charge in [-0.3, -0.25) is 4.31 Å². The molecule has 43 heavy (non-hydrogen) atoms. The average Bonchev–Trinajstić information content (AvgIpc) is 3.58. The second-order valence-electron chi connectivity index (χ2n) is 11.4. The summed E-state index contributed by atoms with van der Waals surface area (Å²) in [6, 6.07) is 7.38. The molecule has 2 unspecified atom stereocenters. The van der Waals surface area contributed by atoms with Crippen LogP contribution in [0.15, 0.2) is 53.2 Å². The van der Waals surface area contributed by atoms with Gasteiger partial charge in [0.25, 0.3) is 0 Å². The van der Waals surface area contributed by atoms with Crippen molar-refractivity contribution < 1.29 is 40.3 Å². The normalized spacial score (nSPS) is 18.3. The molecule has 0 spiro atoms. The molecule has 0 radical (unpaired) electrons. The predicted molar refractivity (Wildman–Crippen MR) is 146 cm³/mol. The average molecular weight is 625 g/mol. The fourth-order valence-electron chi connectivity index (χ4n) is 5.24. The molecule has 4 heterocycles. The molecule has 5 rings (SSSR count). The summed E-state index contributed by atoms with van der Waals surface area (Å²) >= 11 is 0. The van der Waals surface area contributed by atoms with Crippen molar-refractivity contribution in [2.45, 2.75) is 57.6 Å². The number of hydrogen-bond acceptors (Lipinski definition) is 7. The summed E-state index contributed by atoms with van der Waals surface area (Å²) in [6.45, 7) is 5.25. The maximum absolute atomic E-state index is 14.3. The molecule has 0 bridgehead atoms. The number of benzene rings is 1. The maximum atomic E-state index is 14.3. The first-order chi connectivity index (χ1) is 20.0. The van der Waals surface area contributed by atoms with Crippen molar-refractivity contribution in [2.24, 2.45) is 5.41 Å². The van der Waals surface area contributed by atoms with Gasteiger partial charge >= 0.3 is 18.2 Å². The Morgan fingerprint density at radius 3 is 2.53 bits per heavy atom. The van der Waals surface area contributed by atoms with Gasteiger partial charge in [-0.1, -0.05) is 26.8 Å². The number of imidazole rings is 1. The Labute approximate surface area is 243 Å². The second-order valence-corrected chi connectivity index (χ2v) is 13.5. The molecule has 16 heteroatoms. The van der Waals surface area contributed by atoms with E-state index in [0.717, 1.165) is 10.4 Å². The minimum Gasteiger partial charge on any atom is -0.465 e. The summed E-state index contributed by atoms with van der Waals surface area (Å²) in [6.07, 6.45) is -2.81. The highest BCUT2D eigenvalue weighted by Gasteiger charge is 2.45. The molecule has 4 aromatic rings. The Morgan fingerprint density at radius 1 is 1.16 bits per heavy atom. The standard InChI is InChI=1S/C27H28F4N6O5S/c1-26(2,3)21-13-20(8-10-36(21)25(38)39)43(40,41)37(19-6-4-5-17(28)12-19)15-18-14-35-9-7-16(11-22(35)32-18)23-33-34-24(42-23)27(29,30)31/h4-7,9,11-12,14,20-21H,8,10,13,15H2,1-3H3,(H,38,39). The van der Waals surface area contributed by atoms with Gasteiger partial charge in [-0.05, 0) is 48.6 Å². The molecule has 0 saturated carbocycles. The van der Waals surface area contributed by atoms with Crippen LogP contribution in [0.3, 0.4) is 0 Å². The number of piperidine rings is 1. The molecule has 0 aliphatic carbocycles. The van der Waals surface area contributed by atoms with E-state index in [9.17, 15) is 35.9 Å². The summed E-state index contributed by atoms with van der Waals surface area (Å²) in [4.78, 5) is 17.6. The van der Waals surface area contributed by atoms with Crippen molar-refractivity contribution >= 4 is 27.5 Å². The first-order valence-corrected chi connectivity index (χ1v) is 14.7. The molecule has 1 saturated heterocycles. The van der Waals surface area contributed by atoms with Crippen LogP contribution in [0.5, 0.6) is 0 Å². The van der Waals surface area contributed by atoms with Crippen molar-refractivity contribution in [1.82, 2.24) is 24.5 Å². The van der Waals surface area contributed by atoms with Crippen LogP contribution in [-0.4, -0.2) is 61.9 Å². The zero-order valence-corrected chi connectivity index (χ0v) is 24.1. The van der Waals surface area contributed by atoms with Gasteiger partial charge in [0.2, 0.25) is 15.9 Å². The third kappa shape index (κ3) is 6.14. The van der Waals surface area contributed by atoms with Crippen LogP contribution >= 0.6 is 0 Å². The minimum atomic E-state index is -4.81. The highest BCUT2D eigenvalue weighted by Crippen LogP contribution is 2.37. The molecule has 1 fully saturated rings. The molecular weight excluding hydrogens is 596 g/mol. The van der Waals surface area contributed by atoms with Crippen LogP contribution in [-0.2, 0) is 22.7 Å². The molecule has 1 amide bonds. The molecule has 2 atom stereocenters. The minimum absolute atomic E-state index is 0.0149. The van der Waals surface area contributed by atoms with E-state index in [1.807, 2.05) is 20.8 Å². The predicted octanol–water partition coefficient (Wildman–Crippen LogP) is 5.44. The SMILES string of the molecule is CC(C)(C)C1CC(S(=O)(=O)N(Cc2cn3ccc(-c4nnc(C(F)(F)F)o4)cc3n2)c2cccc(F)c2)CCN1C(=O)O. The van der Waals surface area contributed by atoms with Gasteiger partial charge in [0, 0.05) is 30.5 Å². The number of nitrogens with zero attached hydrogens (tertiary/aromatic N) is 6. The van der Waals surface area contributed by atoms with Gasteiger partial charge in [-0.15, -0.1) is 10.2 Å². The van der Waals surface area contributed by atoms with E-state index in [2.05, 4.69) is 15.2 Å². The third-order valence-corrected chi connectivity index (χ3v) is 9.58. The number of fused-ring (bicyclic) bond motifs is 1. The van der Waals surface area contributed by atoms with Gasteiger partial charge < -0.3 is 18.8 Å². The number of aromatic nitrogens is 4. The third-order valence-electron chi connectivity index (χ3n) is 7.35. The first-order valence-electron chi connectivity index (χ1n) is 13.2. The Hall–Kier alpha value is -4.21. The fourth-order valence-corrected chi connectivity index (χ4v) is 7.15. The van der Waals surface area contributed by atoms with Gasteiger partial charge in [0.15, 0.2) is 0 Å². The fraction of sp³-hybridized carbons (Fsp3) is 0.407. The molecule has 230 valence electrons. The van der Waals surface area contributed by atoms with Gasteiger partial charge in [0.1, 0.15) is 11.5 Å². The highest BCUT2D eigenvalue weighted by atomic mass is 32.2. The summed E-state index contributed by atoms with van der Waals surface area (Å²) in [7, 11) is -4.18. The van der Waals surface area contributed by atoms with Crippen LogP contribution in [0.2, 0.25) is 0 Å². The Bertz CT molecular complexity index is 1770. The molecule has 11 nitrogen and oxygen atoms in total. The van der Waals surface area contributed by atoms with Gasteiger partial charge in [-0.25, -0.2) is 22.6 Å². The largest absolute Gasteiger partial charge is 0.470 e. The van der Waals surface area contributed by atoms with Gasteiger partial charge in [-0.2, -0.15) is 13.2 Å². The van der Waals surface area contributed by atoms with E-state index in [-0.39, 0.29) is 54.4 Å². The monoisotopic (exact) mass is 624 g/mol. The lowest BCUT2D eigenvalue weighted by Gasteiger charge is -2.45. The van der Waals surface area contributed by atoms with E-state index in [1.54, 1.807) is 6.20 Å². The van der Waals surface area contributed by atoms with E-state index in [4.69, 9.17) is 4.42 Å². The Balaban J connectivity index is 1.48. The lowest BCUT2D eigenvalue weighted by molar-refractivity contribution is -0.156. The zero-order chi connectivity index (χ0) is 31.3. The van der Waals surface area contributed by atoms with E-state index >= 15 is 0 Å². The number of rotatable bonds is 6. The van der Waals surface area contributed by atoms with Crippen molar-refractivity contribution in [3.63, 3.8) is 0 Å². The Kier molecular flexibility index (Phi) is 7.61. The van der Waals surface area contributed by atoms with Crippen molar-refractivity contribution in [2.75, 3.05) is 10.8 Å². The number of pyridine rings is 1. The number of amides is 1. The van der Waals surface area contributed by atoms with E-state index in [1.165, 1.54) is 45.8 Å². The molecule has 1 aliphatic heterocycles. The number of carbonyl (C=O) groups is 1. The van der Waals surface area contributed by atoms with Crippen molar-refractivity contribution in [3.05, 3.63) is 66.2 Å². The molecule has 1 aromatic carbocycles. The molecule has 1 aliphatic rings. The zero-order valence-electron chi connectivity index (χ0n) is 23.3. The summed E-state index contributed by atoms with van der Waals surface area (Å²) in [5.41, 5.74) is 0.214. The van der Waals surface area contributed by atoms with Crippen LogP contribution in [0.4, 0.5) is 28.0 Å². The Morgan fingerprint density at radius 2 is 1.91 bits per heavy atom. The lowest BCUT2D eigenvalue weighted by atomic mass is 9.80. The second kappa shape index (κ2) is 10.8. The topological polar surface area (TPSA) is 134 Å². The number of sulfonamides is 1. The number of alkyl halides is 3.